The fourth-order valence-electron chi connectivity index (χ4n) is 2.28. The van der Waals surface area contributed by atoms with Crippen LogP contribution in [0.15, 0.2) is 70.2 Å². The normalized spacial score (nSPS) is 10.8. The van der Waals surface area contributed by atoms with Crippen LogP contribution in [0.2, 0.25) is 0 Å². The van der Waals surface area contributed by atoms with Crippen LogP contribution in [0, 0.1) is 5.82 Å². The van der Waals surface area contributed by atoms with Crippen molar-refractivity contribution in [2.45, 2.75) is 6.92 Å². The summed E-state index contributed by atoms with van der Waals surface area (Å²) in [5.74, 6) is 1.12. The van der Waals surface area contributed by atoms with Gasteiger partial charge in [0.05, 0.1) is 12.8 Å². The Morgan fingerprint density at radius 3 is 2.54 bits per heavy atom. The second-order valence-corrected chi connectivity index (χ2v) is 5.37. The Labute approximate surface area is 150 Å². The Morgan fingerprint density at radius 1 is 1.12 bits per heavy atom. The molecule has 0 aliphatic carbocycles. The summed E-state index contributed by atoms with van der Waals surface area (Å²) in [4.78, 5) is 12.0. The van der Waals surface area contributed by atoms with Gasteiger partial charge in [0.2, 0.25) is 0 Å². The van der Waals surface area contributed by atoms with Crippen molar-refractivity contribution in [3.05, 3.63) is 77.8 Å². The van der Waals surface area contributed by atoms with E-state index < -0.39 is 0 Å². The van der Waals surface area contributed by atoms with E-state index in [-0.39, 0.29) is 11.7 Å². The van der Waals surface area contributed by atoms with E-state index in [1.54, 1.807) is 48.5 Å². The van der Waals surface area contributed by atoms with Crippen LogP contribution in [0.3, 0.4) is 0 Å². The van der Waals surface area contributed by atoms with Crippen LogP contribution in [0.1, 0.15) is 23.0 Å². The fourth-order valence-corrected chi connectivity index (χ4v) is 2.28. The molecule has 1 amide bonds. The number of furan rings is 1. The molecule has 0 unspecified atom stereocenters. The fraction of sp³-hybridized carbons (Fsp3) is 0.100. The molecular formula is C20H17FN2O3. The summed E-state index contributed by atoms with van der Waals surface area (Å²) in [6.45, 7) is 2.46. The lowest BCUT2D eigenvalue weighted by molar-refractivity contribution is 0.0955. The zero-order valence-electron chi connectivity index (χ0n) is 14.1. The van der Waals surface area contributed by atoms with Gasteiger partial charge in [-0.25, -0.2) is 9.82 Å². The van der Waals surface area contributed by atoms with Crippen LogP contribution in [-0.2, 0) is 0 Å². The first-order valence-electron chi connectivity index (χ1n) is 8.08. The highest BCUT2D eigenvalue weighted by Gasteiger charge is 2.06. The zero-order chi connectivity index (χ0) is 18.4. The van der Waals surface area contributed by atoms with E-state index in [1.165, 1.54) is 18.3 Å². The average molecular weight is 352 g/mol. The Hall–Kier alpha value is -3.41. The summed E-state index contributed by atoms with van der Waals surface area (Å²) < 4.78 is 23.9. The van der Waals surface area contributed by atoms with Crippen molar-refractivity contribution >= 4 is 12.1 Å². The predicted molar refractivity (Wildman–Crippen MR) is 96.8 cm³/mol. The number of carbonyl (C=O) groups is 1. The van der Waals surface area contributed by atoms with Gasteiger partial charge in [0.1, 0.15) is 23.1 Å². The summed E-state index contributed by atoms with van der Waals surface area (Å²) in [7, 11) is 0. The minimum Gasteiger partial charge on any atom is -0.494 e. The molecular weight excluding hydrogens is 335 g/mol. The van der Waals surface area contributed by atoms with Crippen LogP contribution in [0.25, 0.3) is 11.3 Å². The Balaban J connectivity index is 1.60. The maximum atomic E-state index is 13.0. The molecule has 3 aromatic rings. The van der Waals surface area contributed by atoms with Gasteiger partial charge in [-0.3, -0.25) is 4.79 Å². The number of hydrogen-bond acceptors (Lipinski definition) is 4. The van der Waals surface area contributed by atoms with Crippen molar-refractivity contribution in [3.63, 3.8) is 0 Å². The molecule has 0 fully saturated rings. The Kier molecular flexibility index (Phi) is 5.43. The second-order valence-electron chi connectivity index (χ2n) is 5.37. The molecule has 3 rings (SSSR count). The third-order valence-electron chi connectivity index (χ3n) is 3.54. The minimum absolute atomic E-state index is 0.306. The van der Waals surface area contributed by atoms with Gasteiger partial charge in [0, 0.05) is 11.1 Å². The molecule has 6 heteroatoms. The van der Waals surface area contributed by atoms with E-state index in [2.05, 4.69) is 10.5 Å². The van der Waals surface area contributed by atoms with Gasteiger partial charge in [-0.15, -0.1) is 0 Å². The van der Waals surface area contributed by atoms with Crippen LogP contribution < -0.4 is 10.2 Å². The summed E-state index contributed by atoms with van der Waals surface area (Å²) >= 11 is 0. The smallest absolute Gasteiger partial charge is 0.271 e. The molecule has 132 valence electrons. The van der Waals surface area contributed by atoms with Crippen LogP contribution >= 0.6 is 0 Å². The molecule has 0 aliphatic heterocycles. The molecule has 0 aliphatic rings. The van der Waals surface area contributed by atoms with Crippen molar-refractivity contribution in [3.8, 4) is 17.1 Å². The van der Waals surface area contributed by atoms with Gasteiger partial charge < -0.3 is 9.15 Å². The lowest BCUT2D eigenvalue weighted by Crippen LogP contribution is -2.17. The maximum Gasteiger partial charge on any atom is 0.271 e. The molecule has 0 bridgehead atoms. The molecule has 0 radical (unpaired) electrons. The number of hydrogen-bond donors (Lipinski definition) is 1. The van der Waals surface area contributed by atoms with E-state index in [0.717, 1.165) is 5.56 Å². The van der Waals surface area contributed by atoms with E-state index >= 15 is 0 Å². The Morgan fingerprint density at radius 2 is 1.85 bits per heavy atom. The molecule has 0 atom stereocenters. The summed E-state index contributed by atoms with van der Waals surface area (Å²) in [6, 6.07) is 16.2. The number of rotatable bonds is 6. The van der Waals surface area contributed by atoms with E-state index in [4.69, 9.17) is 9.15 Å². The highest BCUT2D eigenvalue weighted by atomic mass is 19.1. The lowest BCUT2D eigenvalue weighted by Gasteiger charge is -2.03. The molecule has 26 heavy (non-hydrogen) atoms. The van der Waals surface area contributed by atoms with Crippen molar-refractivity contribution in [1.82, 2.24) is 5.43 Å². The Bertz CT molecular complexity index is 900. The van der Waals surface area contributed by atoms with Crippen LogP contribution in [0.4, 0.5) is 4.39 Å². The standard InChI is InChI=1S/C20H17FN2O3/c1-2-25-17-9-5-15(6-10-17)20(24)23-22-13-18-11-12-19(26-18)14-3-7-16(21)8-4-14/h3-13H,2H2,1H3,(H,23,24)/b22-13-. The van der Waals surface area contributed by atoms with Gasteiger partial charge in [-0.05, 0) is 67.6 Å². The number of nitrogens with one attached hydrogen (secondary N) is 1. The minimum atomic E-state index is -0.338. The summed E-state index contributed by atoms with van der Waals surface area (Å²) in [5.41, 5.74) is 3.66. The number of benzene rings is 2. The van der Waals surface area contributed by atoms with Gasteiger partial charge in [0.25, 0.3) is 5.91 Å². The molecule has 0 saturated carbocycles. The zero-order valence-corrected chi connectivity index (χ0v) is 14.1. The number of amides is 1. The molecule has 2 aromatic carbocycles. The first-order valence-corrected chi connectivity index (χ1v) is 8.08. The second kappa shape index (κ2) is 8.11. The summed E-state index contributed by atoms with van der Waals surface area (Å²) in [5, 5.41) is 3.89. The van der Waals surface area contributed by atoms with E-state index in [9.17, 15) is 9.18 Å². The van der Waals surface area contributed by atoms with Crippen molar-refractivity contribution < 1.29 is 18.3 Å². The number of carbonyl (C=O) groups excluding carboxylic acids is 1. The number of ether oxygens (including phenoxy) is 1. The number of hydrazone groups is 1. The first-order chi connectivity index (χ1) is 12.7. The quantitative estimate of drug-likeness (QED) is 0.533. The molecule has 0 spiro atoms. The topological polar surface area (TPSA) is 63.8 Å². The van der Waals surface area contributed by atoms with Gasteiger partial charge >= 0.3 is 0 Å². The lowest BCUT2D eigenvalue weighted by atomic mass is 10.2. The first kappa shape index (κ1) is 17.4. The van der Waals surface area contributed by atoms with E-state index in [1.807, 2.05) is 6.92 Å². The predicted octanol–water partition coefficient (Wildman–Crippen LogP) is 4.25. The molecule has 0 saturated heterocycles. The third kappa shape index (κ3) is 4.36. The van der Waals surface area contributed by atoms with Gasteiger partial charge in [-0.1, -0.05) is 0 Å². The van der Waals surface area contributed by atoms with Gasteiger partial charge in [-0.2, -0.15) is 5.10 Å². The van der Waals surface area contributed by atoms with Crippen LogP contribution in [-0.4, -0.2) is 18.7 Å². The highest BCUT2D eigenvalue weighted by Crippen LogP contribution is 2.21. The molecule has 5 nitrogen and oxygen atoms in total. The van der Waals surface area contributed by atoms with Crippen molar-refractivity contribution in [2.24, 2.45) is 5.10 Å². The third-order valence-corrected chi connectivity index (χ3v) is 3.54. The summed E-state index contributed by atoms with van der Waals surface area (Å²) in [6.07, 6.45) is 1.40. The van der Waals surface area contributed by atoms with E-state index in [0.29, 0.717) is 29.4 Å². The van der Waals surface area contributed by atoms with Crippen LogP contribution in [0.5, 0.6) is 5.75 Å². The SMILES string of the molecule is CCOc1ccc(C(=O)N/N=C\c2ccc(-c3ccc(F)cc3)o2)cc1. The molecule has 1 aromatic heterocycles. The maximum absolute atomic E-state index is 13.0. The molecule has 1 N–H and O–H groups in total. The highest BCUT2D eigenvalue weighted by molar-refractivity contribution is 5.94. The monoisotopic (exact) mass is 352 g/mol. The van der Waals surface area contributed by atoms with Crippen molar-refractivity contribution in [2.75, 3.05) is 6.61 Å². The number of nitrogens with zero attached hydrogens (tertiary/aromatic N) is 1. The largest absolute Gasteiger partial charge is 0.494 e. The molecule has 1 heterocycles. The van der Waals surface area contributed by atoms with Crippen molar-refractivity contribution in [1.29, 1.82) is 0 Å². The average Bonchev–Trinajstić information content (AvgIpc) is 3.12. The van der Waals surface area contributed by atoms with Gasteiger partial charge in [0.15, 0.2) is 0 Å². The number of halogens is 1.